The number of aromatic hydroxyl groups is 1. The van der Waals surface area contributed by atoms with E-state index in [1.165, 1.54) is 0 Å². The summed E-state index contributed by atoms with van der Waals surface area (Å²) in [4.78, 5) is 12.4. The lowest BCUT2D eigenvalue weighted by molar-refractivity contribution is -0.154. The van der Waals surface area contributed by atoms with Gasteiger partial charge in [-0.25, -0.2) is 0 Å². The molecule has 1 fully saturated rings. The number of piperidine rings is 1. The van der Waals surface area contributed by atoms with E-state index in [0.717, 1.165) is 31.9 Å². The minimum atomic E-state index is -4.72. The van der Waals surface area contributed by atoms with Gasteiger partial charge in [-0.3, -0.25) is 4.79 Å². The third-order valence-corrected chi connectivity index (χ3v) is 4.01. The van der Waals surface area contributed by atoms with Crippen LogP contribution in [0.25, 0.3) is 0 Å². The van der Waals surface area contributed by atoms with Gasteiger partial charge in [0.15, 0.2) is 24.7 Å². The van der Waals surface area contributed by atoms with Crippen molar-refractivity contribution in [2.24, 2.45) is 0 Å². The zero-order valence-corrected chi connectivity index (χ0v) is 15.1. The SMILES string of the molecule is O=C(NCC1CCCCN1)c1cc(OCC(F)(F)F)c(O)cc1OCC(F)(F)F. The van der Waals surface area contributed by atoms with E-state index in [2.05, 4.69) is 20.1 Å². The lowest BCUT2D eigenvalue weighted by Gasteiger charge is -2.24. The maximum atomic E-state index is 12.5. The number of phenols is 1. The molecule has 29 heavy (non-hydrogen) atoms. The van der Waals surface area contributed by atoms with E-state index in [4.69, 9.17) is 0 Å². The molecule has 6 nitrogen and oxygen atoms in total. The Balaban J connectivity index is 2.19. The number of carbonyl (C=O) groups excluding carboxylic acids is 1. The Morgan fingerprint density at radius 1 is 1.07 bits per heavy atom. The van der Waals surface area contributed by atoms with Gasteiger partial charge in [-0.2, -0.15) is 26.3 Å². The van der Waals surface area contributed by atoms with Crippen molar-refractivity contribution in [2.45, 2.75) is 37.7 Å². The quantitative estimate of drug-likeness (QED) is 0.580. The minimum Gasteiger partial charge on any atom is -0.504 e. The van der Waals surface area contributed by atoms with Crippen molar-refractivity contribution in [2.75, 3.05) is 26.3 Å². The largest absolute Gasteiger partial charge is 0.504 e. The van der Waals surface area contributed by atoms with Crippen molar-refractivity contribution in [1.29, 1.82) is 0 Å². The summed E-state index contributed by atoms with van der Waals surface area (Å²) in [5.41, 5.74) is -0.486. The average Bonchev–Trinajstić information content (AvgIpc) is 2.63. The standard InChI is InChI=1S/C17H20F6N2O4/c18-16(19,20)8-28-13-6-12(26)14(29-9-17(21,22)23)5-11(13)15(27)25-7-10-3-1-2-4-24-10/h5-6,10,24,26H,1-4,7-9H2,(H,25,27). The molecule has 0 aromatic heterocycles. The molecule has 1 saturated heterocycles. The highest BCUT2D eigenvalue weighted by atomic mass is 19.4. The summed E-state index contributed by atoms with van der Waals surface area (Å²) in [5.74, 6) is -3.10. The topological polar surface area (TPSA) is 79.8 Å². The highest BCUT2D eigenvalue weighted by molar-refractivity contribution is 5.97. The van der Waals surface area contributed by atoms with Crippen LogP contribution in [0.15, 0.2) is 12.1 Å². The van der Waals surface area contributed by atoms with Gasteiger partial charge in [0.2, 0.25) is 0 Å². The van der Waals surface area contributed by atoms with E-state index in [0.29, 0.717) is 6.07 Å². The van der Waals surface area contributed by atoms with Crippen LogP contribution in [0.1, 0.15) is 29.6 Å². The molecule has 164 valence electrons. The zero-order chi connectivity index (χ0) is 21.7. The second-order valence-corrected chi connectivity index (χ2v) is 6.48. The second kappa shape index (κ2) is 9.42. The number of phenolic OH excluding ortho intramolecular Hbond substituents is 1. The zero-order valence-electron chi connectivity index (χ0n) is 15.1. The third kappa shape index (κ3) is 7.87. The normalized spacial score (nSPS) is 17.7. The molecule has 1 atom stereocenters. The number of halogens is 6. The Kier molecular flexibility index (Phi) is 7.44. The fourth-order valence-corrected chi connectivity index (χ4v) is 2.69. The first-order valence-electron chi connectivity index (χ1n) is 8.72. The smallest absolute Gasteiger partial charge is 0.422 e. The van der Waals surface area contributed by atoms with Crippen LogP contribution in [0.4, 0.5) is 26.3 Å². The van der Waals surface area contributed by atoms with Gasteiger partial charge in [-0.05, 0) is 19.4 Å². The van der Waals surface area contributed by atoms with E-state index < -0.39 is 54.3 Å². The number of benzene rings is 1. The number of ether oxygens (including phenoxy) is 2. The molecule has 1 aliphatic rings. The molecular formula is C17H20F6N2O4. The molecule has 12 heteroatoms. The summed E-state index contributed by atoms with van der Waals surface area (Å²) in [6.07, 6.45) is -6.72. The highest BCUT2D eigenvalue weighted by Crippen LogP contribution is 2.35. The van der Waals surface area contributed by atoms with Crippen LogP contribution in [0.2, 0.25) is 0 Å². The molecule has 1 aliphatic heterocycles. The van der Waals surface area contributed by atoms with Crippen LogP contribution in [-0.4, -0.2) is 55.7 Å². The predicted molar refractivity (Wildman–Crippen MR) is 89.2 cm³/mol. The Bertz CT molecular complexity index is 702. The molecule has 1 aromatic rings. The van der Waals surface area contributed by atoms with E-state index in [1.54, 1.807) is 0 Å². The van der Waals surface area contributed by atoms with Crippen LogP contribution in [0, 0.1) is 0 Å². The number of carbonyl (C=O) groups is 1. The summed E-state index contributed by atoms with van der Waals surface area (Å²) < 4.78 is 83.4. The van der Waals surface area contributed by atoms with Gasteiger partial charge in [0.05, 0.1) is 5.56 Å². The van der Waals surface area contributed by atoms with Crippen LogP contribution in [0.3, 0.4) is 0 Å². The van der Waals surface area contributed by atoms with Crippen molar-refractivity contribution in [1.82, 2.24) is 10.6 Å². The second-order valence-electron chi connectivity index (χ2n) is 6.48. The van der Waals surface area contributed by atoms with Gasteiger partial charge in [0, 0.05) is 24.7 Å². The van der Waals surface area contributed by atoms with Gasteiger partial charge in [-0.15, -0.1) is 0 Å². The summed E-state index contributed by atoms with van der Waals surface area (Å²) in [7, 11) is 0. The van der Waals surface area contributed by atoms with Crippen molar-refractivity contribution >= 4 is 5.91 Å². The number of rotatable bonds is 7. The van der Waals surface area contributed by atoms with Gasteiger partial charge in [-0.1, -0.05) is 6.42 Å². The van der Waals surface area contributed by atoms with E-state index in [1.807, 2.05) is 0 Å². The average molecular weight is 430 g/mol. The molecule has 1 unspecified atom stereocenters. The Morgan fingerprint density at radius 2 is 1.69 bits per heavy atom. The molecule has 1 heterocycles. The minimum absolute atomic E-state index is 0.0368. The monoisotopic (exact) mass is 430 g/mol. The predicted octanol–water partition coefficient (Wildman–Crippen LogP) is 3.15. The molecule has 0 aliphatic carbocycles. The number of nitrogens with one attached hydrogen (secondary N) is 2. The fraction of sp³-hybridized carbons (Fsp3) is 0.588. The number of hydrogen-bond donors (Lipinski definition) is 3. The Labute approximate surface area is 162 Å². The Hall–Kier alpha value is -2.37. The van der Waals surface area contributed by atoms with E-state index in [9.17, 15) is 36.2 Å². The number of alkyl halides is 6. The summed E-state index contributed by atoms with van der Waals surface area (Å²) in [5, 5.41) is 15.4. The maximum absolute atomic E-state index is 12.5. The molecule has 0 spiro atoms. The van der Waals surface area contributed by atoms with Crippen molar-refractivity contribution in [3.63, 3.8) is 0 Å². The van der Waals surface area contributed by atoms with Gasteiger partial charge in [0.25, 0.3) is 5.91 Å². The third-order valence-electron chi connectivity index (χ3n) is 4.01. The lowest BCUT2D eigenvalue weighted by Crippen LogP contribution is -2.43. The van der Waals surface area contributed by atoms with Crippen LogP contribution in [0.5, 0.6) is 17.2 Å². The van der Waals surface area contributed by atoms with Crippen LogP contribution >= 0.6 is 0 Å². The highest BCUT2D eigenvalue weighted by Gasteiger charge is 2.31. The van der Waals surface area contributed by atoms with Crippen molar-refractivity contribution in [3.05, 3.63) is 17.7 Å². The molecule has 1 amide bonds. The first kappa shape index (κ1) is 22.9. The van der Waals surface area contributed by atoms with E-state index >= 15 is 0 Å². The maximum Gasteiger partial charge on any atom is 0.422 e. The molecule has 2 rings (SSSR count). The van der Waals surface area contributed by atoms with Crippen molar-refractivity contribution < 1.29 is 45.7 Å². The first-order valence-corrected chi connectivity index (χ1v) is 8.72. The fourth-order valence-electron chi connectivity index (χ4n) is 2.69. The van der Waals surface area contributed by atoms with Crippen LogP contribution in [-0.2, 0) is 0 Å². The lowest BCUT2D eigenvalue weighted by atomic mass is 10.0. The molecule has 3 N–H and O–H groups in total. The van der Waals surface area contributed by atoms with Gasteiger partial charge >= 0.3 is 12.4 Å². The van der Waals surface area contributed by atoms with Gasteiger partial charge in [0.1, 0.15) is 5.75 Å². The summed E-state index contributed by atoms with van der Waals surface area (Å²) >= 11 is 0. The molecule has 1 aromatic carbocycles. The summed E-state index contributed by atoms with van der Waals surface area (Å²) in [6.45, 7) is -2.58. The molecular weight excluding hydrogens is 410 g/mol. The number of hydrogen-bond acceptors (Lipinski definition) is 5. The van der Waals surface area contributed by atoms with E-state index in [-0.39, 0.29) is 12.6 Å². The molecule has 0 bridgehead atoms. The van der Waals surface area contributed by atoms with Gasteiger partial charge < -0.3 is 25.2 Å². The Morgan fingerprint density at radius 3 is 2.24 bits per heavy atom. The summed E-state index contributed by atoms with van der Waals surface area (Å²) in [6, 6.07) is 1.30. The molecule has 0 radical (unpaired) electrons. The first-order chi connectivity index (χ1) is 13.4. The van der Waals surface area contributed by atoms with Crippen molar-refractivity contribution in [3.8, 4) is 17.2 Å². The number of amides is 1. The van der Waals surface area contributed by atoms with Crippen LogP contribution < -0.4 is 20.1 Å². The molecule has 0 saturated carbocycles.